The number of benzene rings is 2. The second-order valence-corrected chi connectivity index (χ2v) is 15.6. The molecule has 0 aromatic heterocycles. The largest absolute Gasteiger partial charge is 0.461 e. The van der Waals surface area contributed by atoms with Crippen molar-refractivity contribution >= 4 is 58.8 Å². The number of rotatable bonds is 3. The number of piperidine rings is 1. The van der Waals surface area contributed by atoms with Crippen LogP contribution in [0.15, 0.2) is 42.5 Å². The van der Waals surface area contributed by atoms with Gasteiger partial charge < -0.3 is 45.8 Å². The Hall–Kier alpha value is -5.29. The molecule has 2 aromatic rings. The van der Waals surface area contributed by atoms with E-state index in [0.29, 0.717) is 32.4 Å². The van der Waals surface area contributed by atoms with Gasteiger partial charge in [0.15, 0.2) is 0 Å². The van der Waals surface area contributed by atoms with Crippen molar-refractivity contribution in [3.63, 3.8) is 0 Å². The Morgan fingerprint density at radius 3 is 2.15 bits per heavy atom. The normalized spacial score (nSPS) is 24.1. The molecule has 6 unspecified atom stereocenters. The van der Waals surface area contributed by atoms with Gasteiger partial charge in [-0.3, -0.25) is 24.0 Å². The molecule has 0 saturated carbocycles. The van der Waals surface area contributed by atoms with Crippen LogP contribution in [-0.2, 0) is 33.5 Å². The summed E-state index contributed by atoms with van der Waals surface area (Å²) in [5, 5.41) is 20.1. The Kier molecular flexibility index (Phi) is 19.9. The molecular weight excluding hydrogens is 813 g/mol. The molecule has 4 aliphatic heterocycles. The first-order valence-corrected chi connectivity index (χ1v) is 21.2. The van der Waals surface area contributed by atoms with Crippen LogP contribution in [0.25, 0.3) is 0 Å². The van der Waals surface area contributed by atoms with Crippen LogP contribution in [0.4, 0.5) is 14.9 Å². The number of urea groups is 1. The lowest BCUT2D eigenvalue weighted by molar-refractivity contribution is -0.160. The number of aliphatic hydroxyl groups excluding tert-OH is 1. The van der Waals surface area contributed by atoms with E-state index in [-0.39, 0.29) is 54.4 Å². The molecule has 0 spiro atoms. The molecule has 4 heterocycles. The topological polar surface area (TPSA) is 207 Å². The lowest BCUT2D eigenvalue weighted by Gasteiger charge is -2.38. The Bertz CT molecular complexity index is 1850. The Balaban J connectivity index is 0.000000303. The number of amides is 7. The fourth-order valence-corrected chi connectivity index (χ4v) is 7.53. The van der Waals surface area contributed by atoms with Crippen molar-refractivity contribution in [1.29, 1.82) is 0 Å². The number of fused-ring (bicyclic) bond motifs is 3. The van der Waals surface area contributed by atoms with E-state index in [1.165, 1.54) is 45.0 Å². The standard InChI is InChI=1S/C23H34N4O7.C10H11ClFN3O2.C8H10.C2H6/c1-13-10-19(29)27-12-15(28)11-18(27)22(32)25-8-4-3-6-16(25)20(30)24-14(2)21(31)26-9-5-7-17(26)23(33)34-13;1-13-9(16)5-14-10(17)15-8-3-2-6(11)4-7(8)12;1-7-4-3-5-8(2)6-7;1-2/h13-18,28H,3-12H2,1-2H3,(H,24,30);2-4H,5H2,1H3,(H,13,16)(H2,14,15,17);3-6H,1-2H3;1-2H3. The summed E-state index contributed by atoms with van der Waals surface area (Å²) in [6.07, 6.45) is 1.40. The fourth-order valence-electron chi connectivity index (χ4n) is 7.37. The molecule has 0 radical (unpaired) electrons. The van der Waals surface area contributed by atoms with Crippen molar-refractivity contribution in [1.82, 2.24) is 30.7 Å². The highest BCUT2D eigenvalue weighted by Gasteiger charge is 2.45. The van der Waals surface area contributed by atoms with Gasteiger partial charge in [0.1, 0.15) is 36.1 Å². The number of hydrogen-bond donors (Lipinski definition) is 5. The molecular formula is C43H61ClFN7O9. The van der Waals surface area contributed by atoms with Gasteiger partial charge in [-0.05, 0) is 78.0 Å². The fraction of sp³-hybridized carbons (Fsp3) is 0.558. The maximum atomic E-state index is 13.5. The molecule has 16 nitrogen and oxygen atoms in total. The van der Waals surface area contributed by atoms with Gasteiger partial charge in [-0.2, -0.15) is 0 Å². The first-order chi connectivity index (χ1) is 29.0. The van der Waals surface area contributed by atoms with Crippen LogP contribution in [0.5, 0.6) is 0 Å². The number of likely N-dealkylation sites (N-methyl/N-ethyl adjacent to an activating group) is 1. The van der Waals surface area contributed by atoms with E-state index in [4.69, 9.17) is 16.3 Å². The molecule has 5 N–H and O–H groups in total. The molecule has 4 saturated heterocycles. The Morgan fingerprint density at radius 2 is 1.52 bits per heavy atom. The van der Waals surface area contributed by atoms with E-state index < -0.39 is 66.0 Å². The van der Waals surface area contributed by atoms with Gasteiger partial charge in [0.05, 0.1) is 24.8 Å². The molecule has 0 bridgehead atoms. The van der Waals surface area contributed by atoms with Crippen molar-refractivity contribution in [2.45, 2.75) is 123 Å². The quantitative estimate of drug-likeness (QED) is 0.284. The van der Waals surface area contributed by atoms with Gasteiger partial charge >= 0.3 is 12.0 Å². The van der Waals surface area contributed by atoms with E-state index in [1.54, 1.807) is 13.8 Å². The zero-order valence-corrected chi connectivity index (χ0v) is 36.9. The number of nitrogens with one attached hydrogen (secondary N) is 4. The van der Waals surface area contributed by atoms with Gasteiger partial charge in [-0.15, -0.1) is 0 Å². The lowest BCUT2D eigenvalue weighted by atomic mass is 9.99. The van der Waals surface area contributed by atoms with Crippen molar-refractivity contribution in [2.75, 3.05) is 38.5 Å². The van der Waals surface area contributed by atoms with Crippen molar-refractivity contribution in [3.05, 3.63) is 64.4 Å². The molecule has 336 valence electrons. The van der Waals surface area contributed by atoms with Crippen LogP contribution in [0, 0.1) is 19.7 Å². The summed E-state index contributed by atoms with van der Waals surface area (Å²) >= 11 is 5.55. The zero-order chi connectivity index (χ0) is 45.4. The van der Waals surface area contributed by atoms with Crippen LogP contribution in [-0.4, -0.2) is 131 Å². The average Bonchev–Trinajstić information content (AvgIpc) is 3.89. The zero-order valence-electron chi connectivity index (χ0n) is 36.1. The van der Waals surface area contributed by atoms with E-state index in [9.17, 15) is 43.1 Å². The highest BCUT2D eigenvalue weighted by Crippen LogP contribution is 2.27. The molecule has 18 heteroatoms. The molecule has 4 fully saturated rings. The third-order valence-corrected chi connectivity index (χ3v) is 10.6. The van der Waals surface area contributed by atoms with Gasteiger partial charge in [0.2, 0.25) is 29.5 Å². The number of carbonyl (C=O) groups excluding carboxylic acids is 7. The second kappa shape index (κ2) is 24.2. The number of anilines is 1. The van der Waals surface area contributed by atoms with Crippen molar-refractivity contribution < 1.29 is 47.8 Å². The van der Waals surface area contributed by atoms with Gasteiger partial charge in [0, 0.05) is 38.1 Å². The molecule has 2 aromatic carbocycles. The summed E-state index contributed by atoms with van der Waals surface area (Å²) in [7, 11) is 1.45. The highest BCUT2D eigenvalue weighted by atomic mass is 35.5. The lowest BCUT2D eigenvalue weighted by Crippen LogP contribution is -2.59. The second-order valence-electron chi connectivity index (χ2n) is 15.1. The predicted molar refractivity (Wildman–Crippen MR) is 228 cm³/mol. The molecule has 6 rings (SSSR count). The minimum absolute atomic E-state index is 0.0104. The van der Waals surface area contributed by atoms with Crippen molar-refractivity contribution in [2.24, 2.45) is 0 Å². The predicted octanol–water partition coefficient (Wildman–Crippen LogP) is 3.84. The number of carbonyl (C=O) groups is 7. The van der Waals surface area contributed by atoms with E-state index >= 15 is 0 Å². The van der Waals surface area contributed by atoms with Gasteiger partial charge in [-0.25, -0.2) is 14.0 Å². The number of cyclic esters (lactones) is 1. The van der Waals surface area contributed by atoms with E-state index in [2.05, 4.69) is 59.4 Å². The van der Waals surface area contributed by atoms with E-state index in [1.807, 2.05) is 13.8 Å². The first kappa shape index (κ1) is 50.1. The number of nitrogens with zero attached hydrogens (tertiary/aromatic N) is 3. The summed E-state index contributed by atoms with van der Waals surface area (Å²) in [6.45, 7) is 12.0. The van der Waals surface area contributed by atoms with Crippen LogP contribution in [0.2, 0.25) is 5.02 Å². The van der Waals surface area contributed by atoms with Crippen LogP contribution in [0.1, 0.15) is 83.8 Å². The monoisotopic (exact) mass is 873 g/mol. The maximum absolute atomic E-state index is 13.5. The average molecular weight is 874 g/mol. The first-order valence-electron chi connectivity index (χ1n) is 20.8. The van der Waals surface area contributed by atoms with Gasteiger partial charge in [-0.1, -0.05) is 60.8 Å². The molecule has 0 aliphatic carbocycles. The number of hydrogen-bond acceptors (Lipinski definition) is 9. The number of esters is 1. The summed E-state index contributed by atoms with van der Waals surface area (Å²) < 4.78 is 18.8. The summed E-state index contributed by atoms with van der Waals surface area (Å²) in [6, 6.07) is 8.38. The molecule has 6 atom stereocenters. The Labute approximate surface area is 362 Å². The SMILES string of the molecule is CC.CC1CC(=O)N2CC(O)CC2C(=O)N2CCCCC2C(=O)NC(C)C(=O)N2CCCC2C(=O)O1.CNC(=O)CNC(=O)Nc1ccc(Cl)cc1F.Cc1cccc(C)c1. The third kappa shape index (κ3) is 14.7. The summed E-state index contributed by atoms with van der Waals surface area (Å²) in [5.41, 5.74) is 2.67. The molecule has 4 aliphatic rings. The number of aliphatic hydroxyl groups is 1. The highest BCUT2D eigenvalue weighted by molar-refractivity contribution is 6.30. The number of halogens is 2. The summed E-state index contributed by atoms with van der Waals surface area (Å²) in [4.78, 5) is 92.0. The van der Waals surface area contributed by atoms with Gasteiger partial charge in [0.25, 0.3) is 0 Å². The summed E-state index contributed by atoms with van der Waals surface area (Å²) in [5.74, 6) is -3.14. The minimum Gasteiger partial charge on any atom is -0.461 e. The number of aryl methyl sites for hydroxylation is 2. The van der Waals surface area contributed by atoms with Crippen LogP contribution >= 0.6 is 11.6 Å². The minimum atomic E-state index is -0.879. The molecule has 61 heavy (non-hydrogen) atoms. The van der Waals surface area contributed by atoms with Crippen LogP contribution in [0.3, 0.4) is 0 Å². The van der Waals surface area contributed by atoms with Crippen molar-refractivity contribution in [3.8, 4) is 0 Å². The molecule has 7 amide bonds. The smallest absolute Gasteiger partial charge is 0.329 e. The maximum Gasteiger partial charge on any atom is 0.329 e. The van der Waals surface area contributed by atoms with Crippen LogP contribution < -0.4 is 21.3 Å². The van der Waals surface area contributed by atoms with E-state index in [0.717, 1.165) is 18.9 Å². The third-order valence-electron chi connectivity index (χ3n) is 10.3. The Morgan fingerprint density at radius 1 is 0.885 bits per heavy atom. The number of ether oxygens (including phenoxy) is 1.